The van der Waals surface area contributed by atoms with Crippen LogP contribution in [0.15, 0.2) is 12.1 Å². The highest BCUT2D eigenvalue weighted by atomic mass is 35.5. The fourth-order valence-electron chi connectivity index (χ4n) is 1.45. The van der Waals surface area contributed by atoms with Gasteiger partial charge in [0.15, 0.2) is 0 Å². The quantitative estimate of drug-likeness (QED) is 0.680. The lowest BCUT2D eigenvalue weighted by Gasteiger charge is -2.27. The van der Waals surface area contributed by atoms with E-state index in [9.17, 15) is 10.1 Å². The molecule has 0 saturated heterocycles. The Balaban J connectivity index is 3.15. The largest absolute Gasteiger partial charge is 0.327 e. The molecule has 0 aliphatic heterocycles. The average molecular weight is 291 g/mol. The van der Waals surface area contributed by atoms with Gasteiger partial charge in [-0.1, -0.05) is 44.0 Å². The second-order valence-electron chi connectivity index (χ2n) is 5.33. The first-order valence-electron chi connectivity index (χ1n) is 5.51. The van der Waals surface area contributed by atoms with Gasteiger partial charge in [0.2, 0.25) is 0 Å². The maximum atomic E-state index is 11.0. The smallest absolute Gasteiger partial charge is 0.274 e. The molecule has 6 heteroatoms. The molecule has 1 aromatic carbocycles. The molecule has 1 rings (SSSR count). The Hall–Kier alpha value is -0.840. The van der Waals surface area contributed by atoms with E-state index >= 15 is 0 Å². The molecule has 0 bridgehead atoms. The first-order valence-corrected chi connectivity index (χ1v) is 6.26. The number of hydrogen-bond acceptors (Lipinski definition) is 3. The highest BCUT2D eigenvalue weighted by Gasteiger charge is 2.25. The van der Waals surface area contributed by atoms with E-state index in [-0.39, 0.29) is 22.2 Å². The van der Waals surface area contributed by atoms with Crippen LogP contribution in [0.2, 0.25) is 10.0 Å². The normalized spacial score (nSPS) is 13.4. The van der Waals surface area contributed by atoms with Crippen LogP contribution in [0, 0.1) is 15.5 Å². The molecule has 100 valence electrons. The van der Waals surface area contributed by atoms with Crippen molar-refractivity contribution in [3.63, 3.8) is 0 Å². The van der Waals surface area contributed by atoms with Gasteiger partial charge in [-0.2, -0.15) is 0 Å². The highest BCUT2D eigenvalue weighted by molar-refractivity contribution is 6.42. The number of benzene rings is 1. The molecule has 0 fully saturated rings. The third-order valence-corrected chi connectivity index (χ3v) is 3.59. The van der Waals surface area contributed by atoms with E-state index < -0.39 is 4.92 Å². The summed E-state index contributed by atoms with van der Waals surface area (Å²) < 4.78 is 0. The number of rotatable bonds is 3. The molecule has 0 saturated carbocycles. The second kappa shape index (κ2) is 5.43. The molecule has 18 heavy (non-hydrogen) atoms. The maximum absolute atomic E-state index is 11.0. The van der Waals surface area contributed by atoms with Gasteiger partial charge in [0.1, 0.15) is 0 Å². The minimum atomic E-state index is -0.465. The van der Waals surface area contributed by atoms with Crippen LogP contribution < -0.4 is 5.73 Å². The van der Waals surface area contributed by atoms with Crippen molar-refractivity contribution < 1.29 is 4.92 Å². The summed E-state index contributed by atoms with van der Waals surface area (Å²) in [7, 11) is 0. The van der Waals surface area contributed by atoms with Gasteiger partial charge in [-0.3, -0.25) is 10.1 Å². The second-order valence-corrected chi connectivity index (χ2v) is 6.14. The third-order valence-electron chi connectivity index (χ3n) is 2.87. The van der Waals surface area contributed by atoms with Crippen molar-refractivity contribution in [2.45, 2.75) is 33.2 Å². The van der Waals surface area contributed by atoms with Crippen LogP contribution in [-0.2, 0) is 6.42 Å². The number of nitro benzene ring substituents is 1. The number of halogens is 2. The molecule has 4 nitrogen and oxygen atoms in total. The summed E-state index contributed by atoms with van der Waals surface area (Å²) in [5.74, 6) is 0. The van der Waals surface area contributed by atoms with Gasteiger partial charge in [-0.05, 0) is 17.9 Å². The van der Waals surface area contributed by atoms with Gasteiger partial charge in [0, 0.05) is 17.7 Å². The molecular formula is C12H16Cl2N2O2. The fourth-order valence-corrected chi connectivity index (χ4v) is 1.80. The zero-order chi connectivity index (χ0) is 14.1. The molecule has 0 spiro atoms. The van der Waals surface area contributed by atoms with E-state index in [0.717, 1.165) is 0 Å². The Morgan fingerprint density at radius 3 is 2.28 bits per heavy atom. The van der Waals surface area contributed by atoms with Crippen molar-refractivity contribution >= 4 is 28.9 Å². The molecule has 0 radical (unpaired) electrons. The minimum absolute atomic E-state index is 0.0379. The zero-order valence-corrected chi connectivity index (χ0v) is 12.0. The third kappa shape index (κ3) is 3.57. The Kier molecular flexibility index (Phi) is 4.59. The van der Waals surface area contributed by atoms with Gasteiger partial charge in [-0.15, -0.1) is 0 Å². The molecule has 1 unspecified atom stereocenters. The summed E-state index contributed by atoms with van der Waals surface area (Å²) in [6.07, 6.45) is 0.386. The summed E-state index contributed by atoms with van der Waals surface area (Å²) in [5.41, 5.74) is 6.38. The lowest BCUT2D eigenvalue weighted by molar-refractivity contribution is -0.385. The molecule has 0 aliphatic carbocycles. The molecule has 0 aliphatic rings. The van der Waals surface area contributed by atoms with Crippen LogP contribution in [-0.4, -0.2) is 11.0 Å². The first-order chi connectivity index (χ1) is 8.12. The van der Waals surface area contributed by atoms with E-state index in [1.807, 2.05) is 20.8 Å². The van der Waals surface area contributed by atoms with Crippen molar-refractivity contribution in [3.8, 4) is 0 Å². The zero-order valence-electron chi connectivity index (χ0n) is 10.5. The minimum Gasteiger partial charge on any atom is -0.327 e. The van der Waals surface area contributed by atoms with E-state index in [2.05, 4.69) is 0 Å². The number of nitro groups is 1. The van der Waals surface area contributed by atoms with Crippen molar-refractivity contribution in [1.82, 2.24) is 0 Å². The SMILES string of the molecule is CC(C)(C)C(N)Cc1cc(Cl)c(Cl)cc1[N+](=O)[O-]. The van der Waals surface area contributed by atoms with E-state index in [1.165, 1.54) is 12.1 Å². The topological polar surface area (TPSA) is 69.2 Å². The summed E-state index contributed by atoms with van der Waals surface area (Å²) in [5, 5.41) is 11.5. The van der Waals surface area contributed by atoms with Gasteiger partial charge < -0.3 is 5.73 Å². The van der Waals surface area contributed by atoms with Gasteiger partial charge >= 0.3 is 0 Å². The van der Waals surface area contributed by atoms with Gasteiger partial charge in [-0.25, -0.2) is 0 Å². The van der Waals surface area contributed by atoms with Crippen molar-refractivity contribution in [2.24, 2.45) is 11.1 Å². The monoisotopic (exact) mass is 290 g/mol. The molecule has 0 amide bonds. The Labute approximate surface area is 116 Å². The van der Waals surface area contributed by atoms with E-state index in [0.29, 0.717) is 17.0 Å². The van der Waals surface area contributed by atoms with Crippen molar-refractivity contribution in [2.75, 3.05) is 0 Å². The first kappa shape index (κ1) is 15.2. The van der Waals surface area contributed by atoms with Crippen LogP contribution in [0.4, 0.5) is 5.69 Å². The number of hydrogen-bond donors (Lipinski definition) is 1. The van der Waals surface area contributed by atoms with Crippen molar-refractivity contribution in [1.29, 1.82) is 0 Å². The lowest BCUT2D eigenvalue weighted by atomic mass is 9.83. The van der Waals surface area contributed by atoms with Crippen LogP contribution in [0.3, 0.4) is 0 Å². The van der Waals surface area contributed by atoms with Crippen LogP contribution in [0.1, 0.15) is 26.3 Å². The summed E-state index contributed by atoms with van der Waals surface area (Å²) in [4.78, 5) is 10.5. The average Bonchev–Trinajstić information content (AvgIpc) is 2.21. The highest BCUT2D eigenvalue weighted by Crippen LogP contribution is 2.32. The maximum Gasteiger partial charge on any atom is 0.274 e. The van der Waals surface area contributed by atoms with Gasteiger partial charge in [0.05, 0.1) is 15.0 Å². The van der Waals surface area contributed by atoms with E-state index in [1.54, 1.807) is 0 Å². The molecule has 1 atom stereocenters. The molecular weight excluding hydrogens is 275 g/mol. The molecule has 0 aromatic heterocycles. The summed E-state index contributed by atoms with van der Waals surface area (Å²) in [6, 6.07) is 2.59. The van der Waals surface area contributed by atoms with Crippen LogP contribution >= 0.6 is 23.2 Å². The van der Waals surface area contributed by atoms with Crippen molar-refractivity contribution in [3.05, 3.63) is 37.9 Å². The Bertz CT molecular complexity index is 470. The number of nitrogens with two attached hydrogens (primary N) is 1. The molecule has 1 aromatic rings. The molecule has 0 heterocycles. The molecule has 2 N–H and O–H groups in total. The lowest BCUT2D eigenvalue weighted by Crippen LogP contribution is -2.37. The Morgan fingerprint density at radius 1 is 1.33 bits per heavy atom. The summed E-state index contributed by atoms with van der Waals surface area (Å²) >= 11 is 11.7. The predicted molar refractivity (Wildman–Crippen MR) is 74.3 cm³/mol. The van der Waals surface area contributed by atoms with Crippen LogP contribution in [0.25, 0.3) is 0 Å². The van der Waals surface area contributed by atoms with Crippen LogP contribution in [0.5, 0.6) is 0 Å². The number of nitrogens with zero attached hydrogens (tertiary/aromatic N) is 1. The van der Waals surface area contributed by atoms with E-state index in [4.69, 9.17) is 28.9 Å². The fraction of sp³-hybridized carbons (Fsp3) is 0.500. The Morgan fingerprint density at radius 2 is 1.83 bits per heavy atom. The standard InChI is InChI=1S/C12H16Cl2N2O2/c1-12(2,3)11(15)5-7-4-8(13)9(14)6-10(7)16(17)18/h4,6,11H,5,15H2,1-3H3. The summed E-state index contributed by atoms with van der Waals surface area (Å²) in [6.45, 7) is 5.96. The predicted octanol–water partition coefficient (Wildman–Crippen LogP) is 3.82. The van der Waals surface area contributed by atoms with Gasteiger partial charge in [0.25, 0.3) is 5.69 Å².